The lowest BCUT2D eigenvalue weighted by atomic mass is 9.85. The Labute approximate surface area is 154 Å². The number of rotatable bonds is 6. The molecule has 26 heavy (non-hydrogen) atoms. The third kappa shape index (κ3) is 4.43. The van der Waals surface area contributed by atoms with Crippen molar-refractivity contribution in [2.45, 2.75) is 38.3 Å². The van der Waals surface area contributed by atoms with Crippen LogP contribution < -0.4 is 5.32 Å². The molecule has 0 unspecified atom stereocenters. The Kier molecular flexibility index (Phi) is 5.93. The van der Waals surface area contributed by atoms with Gasteiger partial charge in [-0.3, -0.25) is 9.69 Å². The Morgan fingerprint density at radius 2 is 2.00 bits per heavy atom. The quantitative estimate of drug-likeness (QED) is 0.820. The second-order valence-corrected chi connectivity index (χ2v) is 7.03. The Morgan fingerprint density at radius 3 is 2.65 bits per heavy atom. The first-order chi connectivity index (χ1) is 12.6. The fraction of sp³-hybridized carbons (Fsp3) is 0.500. The first-order valence-corrected chi connectivity index (χ1v) is 9.32. The van der Waals surface area contributed by atoms with Crippen molar-refractivity contribution in [1.29, 1.82) is 0 Å². The largest absolute Gasteiger partial charge is 0.480 e. The van der Waals surface area contributed by atoms with E-state index in [9.17, 15) is 9.59 Å². The Bertz CT molecular complexity index is 668. The number of likely N-dealkylation sites (N-methyl/N-ethyl adjacent to an activating group) is 1. The second-order valence-electron chi connectivity index (χ2n) is 7.03. The highest BCUT2D eigenvalue weighted by molar-refractivity contribution is 5.79. The van der Waals surface area contributed by atoms with Crippen molar-refractivity contribution < 1.29 is 14.7 Å². The molecule has 3 rings (SSSR count). The molecular formula is C20H27N3O3. The number of benzene rings is 1. The third-order valence-electron chi connectivity index (χ3n) is 5.28. The molecule has 2 N–H and O–H groups in total. The lowest BCUT2D eigenvalue weighted by molar-refractivity contribution is -0.139. The number of hydrogen-bond acceptors (Lipinski definition) is 3. The fourth-order valence-corrected chi connectivity index (χ4v) is 3.72. The van der Waals surface area contributed by atoms with E-state index in [2.05, 4.69) is 23.5 Å². The summed E-state index contributed by atoms with van der Waals surface area (Å²) in [5, 5.41) is 12.1. The van der Waals surface area contributed by atoms with Crippen molar-refractivity contribution in [3.63, 3.8) is 0 Å². The number of hydrogen-bond donors (Lipinski definition) is 2. The highest BCUT2D eigenvalue weighted by Gasteiger charge is 2.35. The summed E-state index contributed by atoms with van der Waals surface area (Å²) in [6, 6.07) is 10.5. The monoisotopic (exact) mass is 357 g/mol. The second kappa shape index (κ2) is 8.36. The summed E-state index contributed by atoms with van der Waals surface area (Å²) >= 11 is 0. The van der Waals surface area contributed by atoms with Gasteiger partial charge in [-0.05, 0) is 36.9 Å². The molecule has 1 aliphatic heterocycles. The van der Waals surface area contributed by atoms with Crippen LogP contribution in [-0.4, -0.2) is 65.2 Å². The molecule has 6 nitrogen and oxygen atoms in total. The van der Waals surface area contributed by atoms with Gasteiger partial charge in [0.2, 0.25) is 0 Å². The Morgan fingerprint density at radius 1 is 1.27 bits per heavy atom. The molecule has 0 atom stereocenters. The van der Waals surface area contributed by atoms with E-state index in [1.54, 1.807) is 0 Å². The maximum absolute atomic E-state index is 12.6. The van der Waals surface area contributed by atoms with Gasteiger partial charge < -0.3 is 15.3 Å². The number of amides is 2. The summed E-state index contributed by atoms with van der Waals surface area (Å²) < 4.78 is 0. The van der Waals surface area contributed by atoms with Gasteiger partial charge in [0.1, 0.15) is 0 Å². The number of carbonyl (C=O) groups excluding carboxylic acids is 1. The van der Waals surface area contributed by atoms with E-state index < -0.39 is 5.97 Å². The summed E-state index contributed by atoms with van der Waals surface area (Å²) in [7, 11) is 0. The molecule has 0 aromatic heterocycles. The average molecular weight is 357 g/mol. The number of aliphatic carboxylic acids is 1. The van der Waals surface area contributed by atoms with Crippen molar-refractivity contribution in [2.75, 3.05) is 26.2 Å². The minimum Gasteiger partial charge on any atom is -0.480 e. The summed E-state index contributed by atoms with van der Waals surface area (Å²) in [6.07, 6.45) is 4.72. The van der Waals surface area contributed by atoms with Gasteiger partial charge in [-0.1, -0.05) is 43.3 Å². The number of urea groups is 1. The van der Waals surface area contributed by atoms with E-state index in [1.165, 1.54) is 11.1 Å². The molecule has 1 saturated carbocycles. The van der Waals surface area contributed by atoms with Gasteiger partial charge in [0.15, 0.2) is 0 Å². The van der Waals surface area contributed by atoms with Crippen molar-refractivity contribution in [3.05, 3.63) is 42.0 Å². The minimum atomic E-state index is -0.798. The van der Waals surface area contributed by atoms with Gasteiger partial charge in [0, 0.05) is 25.2 Å². The van der Waals surface area contributed by atoms with Gasteiger partial charge in [-0.2, -0.15) is 0 Å². The molecular weight excluding hydrogens is 330 g/mol. The minimum absolute atomic E-state index is 0.0173. The van der Waals surface area contributed by atoms with Crippen LogP contribution in [0.15, 0.2) is 36.4 Å². The summed E-state index contributed by atoms with van der Waals surface area (Å²) in [4.78, 5) is 27.3. The first-order valence-electron chi connectivity index (χ1n) is 9.32. The van der Waals surface area contributed by atoms with Crippen LogP contribution in [0.1, 0.15) is 31.7 Å². The number of carboxylic acid groups (broad SMARTS) is 1. The molecule has 2 amide bonds. The van der Waals surface area contributed by atoms with E-state index in [4.69, 9.17) is 5.11 Å². The molecule has 1 aromatic carbocycles. The van der Waals surface area contributed by atoms with Crippen molar-refractivity contribution >= 4 is 17.6 Å². The van der Waals surface area contributed by atoms with Gasteiger partial charge in [-0.15, -0.1) is 0 Å². The molecule has 0 spiro atoms. The SMILES string of the molecule is CCN(CC(=O)O)C1CC(NC(=O)N2CCC=C(c3ccccc3)C2)C1. The zero-order valence-electron chi connectivity index (χ0n) is 15.2. The van der Waals surface area contributed by atoms with Crippen LogP contribution in [0.3, 0.4) is 0 Å². The molecule has 1 aromatic rings. The number of nitrogens with one attached hydrogen (secondary N) is 1. The summed E-state index contributed by atoms with van der Waals surface area (Å²) in [6.45, 7) is 4.12. The van der Waals surface area contributed by atoms with Crippen LogP contribution in [0.25, 0.3) is 5.57 Å². The molecule has 0 bridgehead atoms. The van der Waals surface area contributed by atoms with Crippen LogP contribution >= 0.6 is 0 Å². The van der Waals surface area contributed by atoms with E-state index in [1.807, 2.05) is 34.9 Å². The van der Waals surface area contributed by atoms with Crippen molar-refractivity contribution in [2.24, 2.45) is 0 Å². The van der Waals surface area contributed by atoms with E-state index >= 15 is 0 Å². The molecule has 0 saturated heterocycles. The highest BCUT2D eigenvalue weighted by Crippen LogP contribution is 2.26. The van der Waals surface area contributed by atoms with Gasteiger partial charge in [0.25, 0.3) is 0 Å². The van der Waals surface area contributed by atoms with Crippen LogP contribution in [-0.2, 0) is 4.79 Å². The van der Waals surface area contributed by atoms with Gasteiger partial charge in [0.05, 0.1) is 6.54 Å². The number of nitrogens with zero attached hydrogens (tertiary/aromatic N) is 2. The van der Waals surface area contributed by atoms with E-state index in [0.29, 0.717) is 6.54 Å². The lowest BCUT2D eigenvalue weighted by Crippen LogP contribution is -2.57. The van der Waals surface area contributed by atoms with Crippen LogP contribution in [0.4, 0.5) is 4.79 Å². The van der Waals surface area contributed by atoms with Gasteiger partial charge in [-0.25, -0.2) is 4.79 Å². The molecule has 1 heterocycles. The summed E-state index contributed by atoms with van der Waals surface area (Å²) in [5.41, 5.74) is 2.36. The molecule has 140 valence electrons. The van der Waals surface area contributed by atoms with Crippen LogP contribution in [0, 0.1) is 0 Å². The zero-order chi connectivity index (χ0) is 18.5. The maximum Gasteiger partial charge on any atom is 0.317 e. The van der Waals surface area contributed by atoms with Crippen LogP contribution in [0.5, 0.6) is 0 Å². The first kappa shape index (κ1) is 18.5. The van der Waals surface area contributed by atoms with Crippen molar-refractivity contribution in [3.8, 4) is 0 Å². The standard InChI is InChI=1S/C20H27N3O3/c1-2-22(14-19(24)25)18-11-17(12-18)21-20(26)23-10-6-9-16(13-23)15-7-4-3-5-8-15/h3-5,7-9,17-18H,2,6,10-14H2,1H3,(H,21,26)(H,24,25). The number of carbonyl (C=O) groups is 2. The maximum atomic E-state index is 12.6. The molecule has 2 aliphatic rings. The third-order valence-corrected chi connectivity index (χ3v) is 5.28. The van der Waals surface area contributed by atoms with E-state index in [0.717, 1.165) is 32.4 Å². The average Bonchev–Trinajstić information content (AvgIpc) is 2.63. The fourth-order valence-electron chi connectivity index (χ4n) is 3.72. The lowest BCUT2D eigenvalue weighted by Gasteiger charge is -2.43. The summed E-state index contributed by atoms with van der Waals surface area (Å²) in [5.74, 6) is -0.798. The topological polar surface area (TPSA) is 72.9 Å². The number of carboxylic acids is 1. The Hall–Kier alpha value is -2.34. The Balaban J connectivity index is 1.48. The zero-order valence-corrected chi connectivity index (χ0v) is 15.2. The molecule has 1 aliphatic carbocycles. The smallest absolute Gasteiger partial charge is 0.317 e. The predicted octanol–water partition coefficient (Wildman–Crippen LogP) is 2.42. The normalized spacial score (nSPS) is 22.5. The van der Waals surface area contributed by atoms with Crippen molar-refractivity contribution in [1.82, 2.24) is 15.1 Å². The highest BCUT2D eigenvalue weighted by atomic mass is 16.4. The molecule has 0 radical (unpaired) electrons. The molecule has 1 fully saturated rings. The van der Waals surface area contributed by atoms with Crippen LogP contribution in [0.2, 0.25) is 0 Å². The van der Waals surface area contributed by atoms with Gasteiger partial charge >= 0.3 is 12.0 Å². The molecule has 6 heteroatoms. The predicted molar refractivity (Wildman–Crippen MR) is 101 cm³/mol. The van der Waals surface area contributed by atoms with E-state index in [-0.39, 0.29) is 24.7 Å².